The number of pyridine rings is 1. The van der Waals surface area contributed by atoms with Crippen molar-refractivity contribution in [2.24, 2.45) is 5.84 Å². The average Bonchev–Trinajstić information content (AvgIpc) is 2.91. The Labute approximate surface area is 120 Å². The Bertz CT molecular complexity index is 573. The van der Waals surface area contributed by atoms with Crippen molar-refractivity contribution in [3.8, 4) is 0 Å². The van der Waals surface area contributed by atoms with E-state index >= 15 is 0 Å². The number of anilines is 1. The molecular formula is C12H13ClN4OS. The van der Waals surface area contributed by atoms with Gasteiger partial charge in [-0.2, -0.15) is 11.3 Å². The van der Waals surface area contributed by atoms with E-state index in [0.29, 0.717) is 17.4 Å². The molecule has 3 N–H and O–H groups in total. The van der Waals surface area contributed by atoms with Crippen LogP contribution in [0.15, 0.2) is 29.0 Å². The monoisotopic (exact) mass is 296 g/mol. The first-order chi connectivity index (χ1) is 9.11. The highest BCUT2D eigenvalue weighted by molar-refractivity contribution is 7.07. The summed E-state index contributed by atoms with van der Waals surface area (Å²) >= 11 is 7.59. The number of halogens is 1. The van der Waals surface area contributed by atoms with Crippen molar-refractivity contribution < 1.29 is 4.79 Å². The SMILES string of the molecule is CN(Cc1ccsc1)C(=O)c1nc(NN)ccc1Cl. The van der Waals surface area contributed by atoms with E-state index < -0.39 is 0 Å². The lowest BCUT2D eigenvalue weighted by Crippen LogP contribution is -2.27. The van der Waals surface area contributed by atoms with E-state index in [0.717, 1.165) is 5.56 Å². The number of nitrogens with two attached hydrogens (primary N) is 1. The van der Waals surface area contributed by atoms with Gasteiger partial charge in [0.25, 0.3) is 5.91 Å². The third-order valence-corrected chi connectivity index (χ3v) is 3.58. The number of hydrazine groups is 1. The molecule has 0 saturated carbocycles. The van der Waals surface area contributed by atoms with Gasteiger partial charge in [-0.25, -0.2) is 10.8 Å². The van der Waals surface area contributed by atoms with Gasteiger partial charge in [-0.15, -0.1) is 0 Å². The lowest BCUT2D eigenvalue weighted by molar-refractivity contribution is 0.0780. The van der Waals surface area contributed by atoms with Gasteiger partial charge in [-0.05, 0) is 34.5 Å². The molecule has 1 amide bonds. The van der Waals surface area contributed by atoms with Crippen molar-refractivity contribution in [3.63, 3.8) is 0 Å². The van der Waals surface area contributed by atoms with E-state index in [-0.39, 0.29) is 11.6 Å². The number of nitrogens with one attached hydrogen (secondary N) is 1. The molecular weight excluding hydrogens is 284 g/mol. The summed E-state index contributed by atoms with van der Waals surface area (Å²) in [6, 6.07) is 5.18. The lowest BCUT2D eigenvalue weighted by Gasteiger charge is -2.17. The van der Waals surface area contributed by atoms with Crippen molar-refractivity contribution in [2.75, 3.05) is 12.5 Å². The van der Waals surface area contributed by atoms with Crippen LogP contribution in [0.2, 0.25) is 5.02 Å². The quantitative estimate of drug-likeness (QED) is 0.671. The molecule has 0 fully saturated rings. The van der Waals surface area contributed by atoms with Crippen molar-refractivity contribution in [3.05, 3.63) is 45.2 Å². The Morgan fingerprint density at radius 1 is 1.53 bits per heavy atom. The first-order valence-electron chi connectivity index (χ1n) is 5.51. The van der Waals surface area contributed by atoms with Crippen LogP contribution in [0.25, 0.3) is 0 Å². The van der Waals surface area contributed by atoms with Crippen LogP contribution in [0.3, 0.4) is 0 Å². The van der Waals surface area contributed by atoms with Crippen LogP contribution in [0, 0.1) is 0 Å². The number of aromatic nitrogens is 1. The van der Waals surface area contributed by atoms with E-state index in [1.165, 1.54) is 0 Å². The van der Waals surface area contributed by atoms with Gasteiger partial charge in [0.15, 0.2) is 0 Å². The van der Waals surface area contributed by atoms with Gasteiger partial charge in [0, 0.05) is 13.6 Å². The van der Waals surface area contributed by atoms with Crippen molar-refractivity contribution in [2.45, 2.75) is 6.54 Å². The molecule has 0 atom stereocenters. The van der Waals surface area contributed by atoms with Crippen molar-refractivity contribution in [1.29, 1.82) is 0 Å². The molecule has 2 heterocycles. The molecule has 0 aliphatic carbocycles. The van der Waals surface area contributed by atoms with Crippen LogP contribution < -0.4 is 11.3 Å². The number of carbonyl (C=O) groups excluding carboxylic acids is 1. The van der Waals surface area contributed by atoms with Gasteiger partial charge >= 0.3 is 0 Å². The molecule has 0 aromatic carbocycles. The Morgan fingerprint density at radius 3 is 2.95 bits per heavy atom. The number of amides is 1. The molecule has 0 spiro atoms. The van der Waals surface area contributed by atoms with E-state index in [4.69, 9.17) is 17.4 Å². The second-order valence-corrected chi connectivity index (χ2v) is 5.15. The van der Waals surface area contributed by atoms with Crippen molar-refractivity contribution in [1.82, 2.24) is 9.88 Å². The fourth-order valence-electron chi connectivity index (χ4n) is 1.58. The third kappa shape index (κ3) is 3.23. The summed E-state index contributed by atoms with van der Waals surface area (Å²) in [6.07, 6.45) is 0. The van der Waals surface area contributed by atoms with Gasteiger partial charge in [0.05, 0.1) is 5.02 Å². The highest BCUT2D eigenvalue weighted by Crippen LogP contribution is 2.19. The normalized spacial score (nSPS) is 10.3. The second-order valence-electron chi connectivity index (χ2n) is 3.96. The molecule has 100 valence electrons. The highest BCUT2D eigenvalue weighted by Gasteiger charge is 2.17. The first kappa shape index (κ1) is 13.8. The zero-order valence-electron chi connectivity index (χ0n) is 10.3. The molecule has 7 heteroatoms. The first-order valence-corrected chi connectivity index (χ1v) is 6.83. The minimum atomic E-state index is -0.242. The molecule has 19 heavy (non-hydrogen) atoms. The Hall–Kier alpha value is -1.63. The number of carbonyl (C=O) groups is 1. The van der Waals surface area contributed by atoms with E-state index in [1.807, 2.05) is 16.8 Å². The second kappa shape index (κ2) is 6.01. The summed E-state index contributed by atoms with van der Waals surface area (Å²) in [4.78, 5) is 17.9. The summed E-state index contributed by atoms with van der Waals surface area (Å²) in [5.41, 5.74) is 3.66. The van der Waals surface area contributed by atoms with Gasteiger partial charge in [0.2, 0.25) is 0 Å². The molecule has 2 rings (SSSR count). The lowest BCUT2D eigenvalue weighted by atomic mass is 10.2. The number of hydrogen-bond donors (Lipinski definition) is 2. The minimum Gasteiger partial charge on any atom is -0.336 e. The summed E-state index contributed by atoms with van der Waals surface area (Å²) in [5, 5.41) is 4.27. The molecule has 0 radical (unpaired) electrons. The van der Waals surface area contributed by atoms with Gasteiger partial charge in [-0.3, -0.25) is 4.79 Å². The number of rotatable bonds is 4. The summed E-state index contributed by atoms with van der Waals surface area (Å²) in [7, 11) is 1.71. The van der Waals surface area contributed by atoms with E-state index in [2.05, 4.69) is 10.4 Å². The third-order valence-electron chi connectivity index (χ3n) is 2.54. The Kier molecular flexibility index (Phi) is 4.36. The zero-order valence-corrected chi connectivity index (χ0v) is 11.8. The molecule has 0 aliphatic heterocycles. The Balaban J connectivity index is 2.18. The maximum absolute atomic E-state index is 12.3. The predicted molar refractivity (Wildman–Crippen MR) is 77.2 cm³/mol. The highest BCUT2D eigenvalue weighted by atomic mass is 35.5. The standard InChI is InChI=1S/C12H13ClN4OS/c1-17(6-8-4-5-19-7-8)12(18)11-9(13)2-3-10(15-11)16-14/h2-5,7H,6,14H2,1H3,(H,15,16). The van der Waals surface area contributed by atoms with Crippen LogP contribution in [-0.2, 0) is 6.54 Å². The van der Waals surface area contributed by atoms with Crippen LogP contribution >= 0.6 is 22.9 Å². The largest absolute Gasteiger partial charge is 0.336 e. The smallest absolute Gasteiger partial charge is 0.274 e. The van der Waals surface area contributed by atoms with Crippen LogP contribution in [0.1, 0.15) is 16.1 Å². The van der Waals surface area contributed by atoms with Gasteiger partial charge < -0.3 is 10.3 Å². The van der Waals surface area contributed by atoms with Gasteiger partial charge in [-0.1, -0.05) is 11.6 Å². The maximum atomic E-state index is 12.3. The van der Waals surface area contributed by atoms with Crippen LogP contribution in [-0.4, -0.2) is 22.8 Å². The molecule has 0 aliphatic rings. The molecule has 2 aromatic heterocycles. The van der Waals surface area contributed by atoms with E-state index in [1.54, 1.807) is 35.4 Å². The predicted octanol–water partition coefficient (Wildman–Crippen LogP) is 2.35. The maximum Gasteiger partial charge on any atom is 0.274 e. The van der Waals surface area contributed by atoms with Gasteiger partial charge in [0.1, 0.15) is 11.5 Å². The molecule has 0 saturated heterocycles. The zero-order chi connectivity index (χ0) is 13.8. The molecule has 0 unspecified atom stereocenters. The minimum absolute atomic E-state index is 0.190. The number of thiophene rings is 1. The summed E-state index contributed by atoms with van der Waals surface area (Å²) in [5.74, 6) is 5.43. The fourth-order valence-corrected chi connectivity index (χ4v) is 2.43. The Morgan fingerprint density at radius 2 is 2.32 bits per heavy atom. The molecule has 0 bridgehead atoms. The fraction of sp³-hybridized carbons (Fsp3) is 0.167. The van der Waals surface area contributed by atoms with Crippen molar-refractivity contribution >= 4 is 34.7 Å². The van der Waals surface area contributed by atoms with Crippen LogP contribution in [0.4, 0.5) is 5.82 Å². The molecule has 5 nitrogen and oxygen atoms in total. The molecule has 2 aromatic rings. The van der Waals surface area contributed by atoms with E-state index in [9.17, 15) is 4.79 Å². The average molecular weight is 297 g/mol. The summed E-state index contributed by atoms with van der Waals surface area (Å²) < 4.78 is 0. The number of nitrogen functional groups attached to an aromatic ring is 1. The number of nitrogens with zero attached hydrogens (tertiary/aromatic N) is 2. The van der Waals surface area contributed by atoms with Crippen LogP contribution in [0.5, 0.6) is 0 Å². The number of hydrogen-bond acceptors (Lipinski definition) is 5. The topological polar surface area (TPSA) is 71.2 Å². The summed E-state index contributed by atoms with van der Waals surface area (Å²) in [6.45, 7) is 0.515.